The smallest absolute Gasteiger partial charge is 0.348 e. The average molecular weight is 443 g/mol. The fourth-order valence-corrected chi connectivity index (χ4v) is 4.85. The normalized spacial score (nSPS) is 22.1. The van der Waals surface area contributed by atoms with Crippen molar-refractivity contribution in [3.8, 4) is 0 Å². The monoisotopic (exact) mass is 442 g/mol. The first kappa shape index (κ1) is 21.4. The van der Waals surface area contributed by atoms with E-state index < -0.39 is 17.8 Å². The number of amides is 1. The number of halogens is 3. The van der Waals surface area contributed by atoms with E-state index in [1.807, 2.05) is 0 Å². The Hall–Kier alpha value is -1.85. The number of rotatable bonds is 4. The molecule has 7 nitrogen and oxygen atoms in total. The van der Waals surface area contributed by atoms with Crippen LogP contribution in [0.2, 0.25) is 0 Å². The topological polar surface area (TPSA) is 65.8 Å². The lowest BCUT2D eigenvalue weighted by Crippen LogP contribution is -2.44. The van der Waals surface area contributed by atoms with Gasteiger partial charge in [-0.05, 0) is 57.8 Å². The largest absolute Gasteiger partial charge is 0.431 e. The lowest BCUT2D eigenvalue weighted by Gasteiger charge is -2.35. The summed E-state index contributed by atoms with van der Waals surface area (Å²) in [5, 5.41) is 10.8. The Bertz CT molecular complexity index is 925. The summed E-state index contributed by atoms with van der Waals surface area (Å²) in [5.41, 5.74) is -0.858. The third kappa shape index (κ3) is 4.15. The van der Waals surface area contributed by atoms with Crippen molar-refractivity contribution in [2.24, 2.45) is 0 Å². The van der Waals surface area contributed by atoms with Crippen molar-refractivity contribution < 1.29 is 18.0 Å². The number of hydrogen-bond donors (Lipinski definition) is 1. The highest BCUT2D eigenvalue weighted by Crippen LogP contribution is 2.32. The maximum absolute atomic E-state index is 13.4. The Morgan fingerprint density at radius 1 is 1.17 bits per heavy atom. The first-order valence-corrected chi connectivity index (χ1v) is 11.2. The summed E-state index contributed by atoms with van der Waals surface area (Å²) < 4.78 is 41.2. The first-order valence-electron chi connectivity index (χ1n) is 10.0. The van der Waals surface area contributed by atoms with Crippen molar-refractivity contribution in [1.82, 2.24) is 29.7 Å². The third-order valence-electron chi connectivity index (χ3n) is 6.00. The molecular formula is C19H25F3N6OS. The summed E-state index contributed by atoms with van der Waals surface area (Å²) in [6.45, 7) is 3.84. The molecule has 1 atom stereocenters. The SMILES string of the molecule is CSc1nnc2c(C(=O)NC3CCN(C4CCN(C)CC4)C3)ccc(C(F)(F)F)n12. The van der Waals surface area contributed by atoms with Crippen LogP contribution in [0.1, 0.15) is 35.3 Å². The maximum atomic E-state index is 13.4. The molecule has 4 rings (SSSR count). The van der Waals surface area contributed by atoms with Gasteiger partial charge in [0.15, 0.2) is 10.8 Å². The van der Waals surface area contributed by atoms with Gasteiger partial charge in [-0.2, -0.15) is 13.2 Å². The average Bonchev–Trinajstić information content (AvgIpc) is 3.34. The molecule has 2 aromatic heterocycles. The van der Waals surface area contributed by atoms with E-state index >= 15 is 0 Å². The Morgan fingerprint density at radius 3 is 2.57 bits per heavy atom. The second-order valence-corrected chi connectivity index (χ2v) is 8.74. The number of piperidine rings is 1. The van der Waals surface area contributed by atoms with Gasteiger partial charge >= 0.3 is 6.18 Å². The van der Waals surface area contributed by atoms with Gasteiger partial charge in [0.25, 0.3) is 5.91 Å². The van der Waals surface area contributed by atoms with Crippen LogP contribution >= 0.6 is 11.8 Å². The second-order valence-electron chi connectivity index (χ2n) is 7.96. The van der Waals surface area contributed by atoms with E-state index in [1.165, 1.54) is 6.07 Å². The maximum Gasteiger partial charge on any atom is 0.431 e. The van der Waals surface area contributed by atoms with Crippen molar-refractivity contribution in [2.45, 2.75) is 42.7 Å². The molecule has 0 saturated carbocycles. The van der Waals surface area contributed by atoms with Gasteiger partial charge in [-0.3, -0.25) is 14.1 Å². The second kappa shape index (κ2) is 8.35. The van der Waals surface area contributed by atoms with E-state index in [-0.39, 0.29) is 22.4 Å². The van der Waals surface area contributed by atoms with Gasteiger partial charge in [0, 0.05) is 25.2 Å². The Kier molecular flexibility index (Phi) is 5.95. The molecule has 0 aliphatic carbocycles. The van der Waals surface area contributed by atoms with Crippen LogP contribution in [0.4, 0.5) is 13.2 Å². The van der Waals surface area contributed by atoms with Crippen LogP contribution in [0.3, 0.4) is 0 Å². The molecule has 2 aromatic rings. The summed E-state index contributed by atoms with van der Waals surface area (Å²) in [6, 6.07) is 2.62. The molecule has 2 aliphatic rings. The molecule has 1 amide bonds. The van der Waals surface area contributed by atoms with Crippen LogP contribution in [0.25, 0.3) is 5.65 Å². The van der Waals surface area contributed by atoms with Gasteiger partial charge in [-0.25, -0.2) is 0 Å². The fourth-order valence-electron chi connectivity index (χ4n) is 4.36. The predicted octanol–water partition coefficient (Wildman–Crippen LogP) is 2.37. The number of nitrogens with zero attached hydrogens (tertiary/aromatic N) is 5. The van der Waals surface area contributed by atoms with Crippen molar-refractivity contribution in [2.75, 3.05) is 39.5 Å². The molecule has 2 saturated heterocycles. The van der Waals surface area contributed by atoms with E-state index in [9.17, 15) is 18.0 Å². The summed E-state index contributed by atoms with van der Waals surface area (Å²) in [5.74, 6) is -0.413. The summed E-state index contributed by atoms with van der Waals surface area (Å²) in [4.78, 5) is 17.6. The zero-order valence-electron chi connectivity index (χ0n) is 16.9. The number of alkyl halides is 3. The Morgan fingerprint density at radius 2 is 1.90 bits per heavy atom. The van der Waals surface area contributed by atoms with Crippen molar-refractivity contribution >= 4 is 23.3 Å². The number of carbonyl (C=O) groups is 1. The van der Waals surface area contributed by atoms with Crippen LogP contribution in [0.15, 0.2) is 17.3 Å². The van der Waals surface area contributed by atoms with Gasteiger partial charge in [-0.15, -0.1) is 10.2 Å². The lowest BCUT2D eigenvalue weighted by atomic mass is 10.0. The number of thioether (sulfide) groups is 1. The summed E-state index contributed by atoms with van der Waals surface area (Å²) in [7, 11) is 2.13. The quantitative estimate of drug-likeness (QED) is 0.734. The molecule has 164 valence electrons. The van der Waals surface area contributed by atoms with E-state index in [2.05, 4.69) is 32.4 Å². The highest BCUT2D eigenvalue weighted by Gasteiger charge is 2.36. The summed E-state index contributed by atoms with van der Waals surface area (Å²) in [6.07, 6.45) is 0.124. The van der Waals surface area contributed by atoms with E-state index in [1.54, 1.807) is 6.26 Å². The van der Waals surface area contributed by atoms with Crippen molar-refractivity contribution in [3.05, 3.63) is 23.4 Å². The number of pyridine rings is 1. The predicted molar refractivity (Wildman–Crippen MR) is 108 cm³/mol. The molecule has 0 aromatic carbocycles. The summed E-state index contributed by atoms with van der Waals surface area (Å²) >= 11 is 1.05. The lowest BCUT2D eigenvalue weighted by molar-refractivity contribution is -0.142. The number of nitrogens with one attached hydrogen (secondary N) is 1. The Balaban J connectivity index is 1.50. The van der Waals surface area contributed by atoms with Crippen molar-refractivity contribution in [3.63, 3.8) is 0 Å². The zero-order valence-corrected chi connectivity index (χ0v) is 17.8. The van der Waals surface area contributed by atoms with Crippen molar-refractivity contribution in [1.29, 1.82) is 0 Å². The van der Waals surface area contributed by atoms with Gasteiger partial charge < -0.3 is 10.2 Å². The van der Waals surface area contributed by atoms with Gasteiger partial charge in [0.2, 0.25) is 0 Å². The highest BCUT2D eigenvalue weighted by atomic mass is 32.2. The zero-order chi connectivity index (χ0) is 21.5. The van der Waals surface area contributed by atoms with Crippen LogP contribution in [-0.2, 0) is 6.18 Å². The van der Waals surface area contributed by atoms with Gasteiger partial charge in [0.05, 0.1) is 5.56 Å². The molecule has 0 bridgehead atoms. The molecule has 0 radical (unpaired) electrons. The molecule has 2 aliphatic heterocycles. The third-order valence-corrected chi connectivity index (χ3v) is 6.63. The fraction of sp³-hybridized carbons (Fsp3) is 0.632. The highest BCUT2D eigenvalue weighted by molar-refractivity contribution is 7.98. The standard InChI is InChI=1S/C19H25F3N6OS/c1-26-8-6-13(7-9-26)27-10-5-12(11-27)23-17(29)14-3-4-15(19(20,21)22)28-16(14)24-25-18(28)30-2/h3-4,12-13H,5-11H2,1-2H3,(H,23,29). The molecular weight excluding hydrogens is 417 g/mol. The molecule has 30 heavy (non-hydrogen) atoms. The van der Waals surface area contributed by atoms with Crippen LogP contribution in [0.5, 0.6) is 0 Å². The van der Waals surface area contributed by atoms with Crippen LogP contribution in [-0.4, -0.2) is 81.9 Å². The number of likely N-dealkylation sites (tertiary alicyclic amines) is 2. The van der Waals surface area contributed by atoms with Gasteiger partial charge in [-0.1, -0.05) is 11.8 Å². The minimum absolute atomic E-state index is 0.0255. The number of aromatic nitrogens is 3. The van der Waals surface area contributed by atoms with Crippen LogP contribution in [0, 0.1) is 0 Å². The molecule has 11 heteroatoms. The number of fused-ring (bicyclic) bond motifs is 1. The molecule has 2 fully saturated rings. The molecule has 4 heterocycles. The minimum atomic E-state index is -4.57. The Labute approximate surface area is 177 Å². The first-order chi connectivity index (χ1) is 14.3. The van der Waals surface area contributed by atoms with Crippen LogP contribution < -0.4 is 5.32 Å². The van der Waals surface area contributed by atoms with Gasteiger partial charge in [0.1, 0.15) is 5.69 Å². The minimum Gasteiger partial charge on any atom is -0.348 e. The number of carbonyl (C=O) groups excluding carboxylic acids is 1. The van der Waals surface area contributed by atoms with E-state index in [0.29, 0.717) is 6.04 Å². The number of hydrogen-bond acceptors (Lipinski definition) is 6. The molecule has 0 spiro atoms. The van der Waals surface area contributed by atoms with E-state index in [0.717, 1.165) is 67.7 Å². The molecule has 1 N–H and O–H groups in total. The molecule has 1 unspecified atom stereocenters. The van der Waals surface area contributed by atoms with E-state index in [4.69, 9.17) is 0 Å².